The Morgan fingerprint density at radius 1 is 0.968 bits per heavy atom. The first-order valence-electron chi connectivity index (χ1n) is 9.45. The maximum Gasteiger partial charge on any atom is 0.280 e. The minimum Gasteiger partial charge on any atom is -0.487 e. The summed E-state index contributed by atoms with van der Waals surface area (Å²) in [5.41, 5.74) is 3.91. The van der Waals surface area contributed by atoms with Crippen molar-refractivity contribution in [1.29, 1.82) is 0 Å². The van der Waals surface area contributed by atoms with E-state index in [0.717, 1.165) is 30.2 Å². The lowest BCUT2D eigenvalue weighted by Crippen LogP contribution is -2.21. The highest BCUT2D eigenvalue weighted by Gasteiger charge is 2.28. The molecular formula is C24H17Br3N2O2. The number of nitrogens with zero attached hydrogens (tertiary/aromatic N) is 2. The molecule has 1 heterocycles. The number of carbonyl (C=O) groups is 1. The molecule has 0 spiro atoms. The van der Waals surface area contributed by atoms with E-state index in [1.807, 2.05) is 79.7 Å². The Balaban J connectivity index is 1.55. The van der Waals surface area contributed by atoms with Gasteiger partial charge in [-0.15, -0.1) is 0 Å². The first kappa shape index (κ1) is 22.0. The number of hydrogen-bond acceptors (Lipinski definition) is 3. The SMILES string of the molecule is CC1=NN(c2ccccc2)C(=O)/C1=C/c1cc(Br)c(OCc2ccc(Br)cc2)c(Br)c1. The molecule has 0 N–H and O–H groups in total. The highest BCUT2D eigenvalue weighted by Crippen LogP contribution is 2.36. The van der Waals surface area contributed by atoms with Gasteiger partial charge in [0.15, 0.2) is 0 Å². The van der Waals surface area contributed by atoms with Gasteiger partial charge < -0.3 is 4.74 Å². The summed E-state index contributed by atoms with van der Waals surface area (Å²) in [5.74, 6) is 0.561. The van der Waals surface area contributed by atoms with Crippen LogP contribution in [-0.4, -0.2) is 11.6 Å². The number of anilines is 1. The Morgan fingerprint density at radius 2 is 1.61 bits per heavy atom. The summed E-state index contributed by atoms with van der Waals surface area (Å²) in [7, 11) is 0. The van der Waals surface area contributed by atoms with Crippen LogP contribution in [0, 0.1) is 0 Å². The first-order chi connectivity index (χ1) is 14.9. The molecule has 1 amide bonds. The van der Waals surface area contributed by atoms with Crippen LogP contribution in [0.25, 0.3) is 6.08 Å². The minimum atomic E-state index is -0.147. The molecule has 0 saturated carbocycles. The summed E-state index contributed by atoms with van der Waals surface area (Å²) in [6, 6.07) is 21.3. The quantitative estimate of drug-likeness (QED) is 0.286. The number of carbonyl (C=O) groups excluding carboxylic acids is 1. The lowest BCUT2D eigenvalue weighted by atomic mass is 10.1. The second kappa shape index (κ2) is 9.51. The van der Waals surface area contributed by atoms with Crippen LogP contribution in [0.4, 0.5) is 5.69 Å². The lowest BCUT2D eigenvalue weighted by Gasteiger charge is -2.12. The van der Waals surface area contributed by atoms with E-state index in [1.54, 1.807) is 0 Å². The molecule has 0 radical (unpaired) electrons. The predicted molar refractivity (Wildman–Crippen MR) is 135 cm³/mol. The van der Waals surface area contributed by atoms with Crippen molar-refractivity contribution in [1.82, 2.24) is 0 Å². The number of benzene rings is 3. The van der Waals surface area contributed by atoms with Crippen molar-refractivity contribution in [2.45, 2.75) is 13.5 Å². The average molecular weight is 605 g/mol. The summed E-state index contributed by atoms with van der Waals surface area (Å²) in [6.07, 6.45) is 1.85. The molecule has 4 rings (SSSR count). The third-order valence-electron chi connectivity index (χ3n) is 4.69. The predicted octanol–water partition coefficient (Wildman–Crippen LogP) is 7.36. The zero-order valence-electron chi connectivity index (χ0n) is 16.5. The van der Waals surface area contributed by atoms with Gasteiger partial charge in [-0.05, 0) is 92.4 Å². The molecular weight excluding hydrogens is 588 g/mol. The van der Waals surface area contributed by atoms with Crippen molar-refractivity contribution in [2.75, 3.05) is 5.01 Å². The van der Waals surface area contributed by atoms with Gasteiger partial charge in [0, 0.05) is 4.47 Å². The summed E-state index contributed by atoms with van der Waals surface area (Å²) >= 11 is 10.6. The van der Waals surface area contributed by atoms with Gasteiger partial charge in [0.2, 0.25) is 0 Å². The van der Waals surface area contributed by atoms with Crippen molar-refractivity contribution in [3.8, 4) is 5.75 Å². The van der Waals surface area contributed by atoms with E-state index < -0.39 is 0 Å². The molecule has 7 heteroatoms. The minimum absolute atomic E-state index is 0.147. The van der Waals surface area contributed by atoms with E-state index in [2.05, 4.69) is 52.9 Å². The largest absolute Gasteiger partial charge is 0.487 e. The van der Waals surface area contributed by atoms with Crippen molar-refractivity contribution in [3.05, 3.63) is 96.8 Å². The van der Waals surface area contributed by atoms with Crippen LogP contribution < -0.4 is 9.75 Å². The molecule has 0 aromatic heterocycles. The van der Waals surface area contributed by atoms with E-state index in [-0.39, 0.29) is 5.91 Å². The van der Waals surface area contributed by atoms with Crippen LogP contribution in [0.5, 0.6) is 5.75 Å². The molecule has 3 aromatic rings. The maximum atomic E-state index is 12.9. The van der Waals surface area contributed by atoms with Gasteiger partial charge in [-0.2, -0.15) is 10.1 Å². The van der Waals surface area contributed by atoms with Crippen LogP contribution >= 0.6 is 47.8 Å². The second-order valence-electron chi connectivity index (χ2n) is 6.92. The van der Waals surface area contributed by atoms with Gasteiger partial charge in [0.25, 0.3) is 5.91 Å². The van der Waals surface area contributed by atoms with Gasteiger partial charge in [0.05, 0.1) is 25.9 Å². The Morgan fingerprint density at radius 3 is 2.26 bits per heavy atom. The number of para-hydroxylation sites is 1. The molecule has 1 aliphatic rings. The smallest absolute Gasteiger partial charge is 0.280 e. The molecule has 0 saturated heterocycles. The molecule has 4 nitrogen and oxygen atoms in total. The van der Waals surface area contributed by atoms with Gasteiger partial charge in [0.1, 0.15) is 12.4 Å². The Labute approximate surface area is 206 Å². The lowest BCUT2D eigenvalue weighted by molar-refractivity contribution is -0.114. The summed E-state index contributed by atoms with van der Waals surface area (Å²) < 4.78 is 8.63. The van der Waals surface area contributed by atoms with E-state index in [0.29, 0.717) is 23.6 Å². The van der Waals surface area contributed by atoms with Crippen LogP contribution in [0.1, 0.15) is 18.1 Å². The number of hydrogen-bond donors (Lipinski definition) is 0. The van der Waals surface area contributed by atoms with E-state index in [4.69, 9.17) is 4.74 Å². The number of rotatable bonds is 5. The fourth-order valence-corrected chi connectivity index (χ4v) is 4.85. The van der Waals surface area contributed by atoms with Crippen molar-refractivity contribution in [3.63, 3.8) is 0 Å². The number of amides is 1. The second-order valence-corrected chi connectivity index (χ2v) is 9.55. The molecule has 0 unspecified atom stereocenters. The van der Waals surface area contributed by atoms with Gasteiger partial charge in [-0.3, -0.25) is 4.79 Å². The van der Waals surface area contributed by atoms with Gasteiger partial charge in [-0.25, -0.2) is 0 Å². The standard InChI is InChI=1S/C24H17Br3N2O2/c1-15-20(24(30)29(28-15)19-5-3-2-4-6-19)11-17-12-21(26)23(22(27)13-17)31-14-16-7-9-18(25)10-8-16/h2-13H,14H2,1H3/b20-11+. The van der Waals surface area contributed by atoms with Gasteiger partial charge >= 0.3 is 0 Å². The molecule has 0 aliphatic carbocycles. The van der Waals surface area contributed by atoms with Crippen LogP contribution in [0.2, 0.25) is 0 Å². The topological polar surface area (TPSA) is 41.9 Å². The van der Waals surface area contributed by atoms with Crippen LogP contribution in [0.15, 0.2) is 90.8 Å². The monoisotopic (exact) mass is 602 g/mol. The zero-order chi connectivity index (χ0) is 22.0. The highest BCUT2D eigenvalue weighted by molar-refractivity contribution is 9.11. The molecule has 0 bridgehead atoms. The van der Waals surface area contributed by atoms with E-state index >= 15 is 0 Å². The highest BCUT2D eigenvalue weighted by atomic mass is 79.9. The maximum absolute atomic E-state index is 12.9. The number of ether oxygens (including phenoxy) is 1. The molecule has 156 valence electrons. The first-order valence-corrected chi connectivity index (χ1v) is 11.8. The van der Waals surface area contributed by atoms with E-state index in [1.165, 1.54) is 5.01 Å². The molecule has 3 aromatic carbocycles. The molecule has 0 fully saturated rings. The third kappa shape index (κ3) is 5.00. The Bertz CT molecular complexity index is 1170. The number of halogens is 3. The Hall–Kier alpha value is -2.22. The molecule has 1 aliphatic heterocycles. The van der Waals surface area contributed by atoms with Crippen molar-refractivity contribution in [2.24, 2.45) is 5.10 Å². The van der Waals surface area contributed by atoms with Crippen LogP contribution in [0.3, 0.4) is 0 Å². The number of hydrazone groups is 1. The summed E-state index contributed by atoms with van der Waals surface area (Å²) in [4.78, 5) is 12.9. The normalized spacial score (nSPS) is 14.8. The summed E-state index contributed by atoms with van der Waals surface area (Å²) in [6.45, 7) is 2.29. The third-order valence-corrected chi connectivity index (χ3v) is 6.40. The fraction of sp³-hybridized carbons (Fsp3) is 0.0833. The molecule has 31 heavy (non-hydrogen) atoms. The van der Waals surface area contributed by atoms with Crippen LogP contribution in [-0.2, 0) is 11.4 Å². The zero-order valence-corrected chi connectivity index (χ0v) is 21.2. The molecule has 0 atom stereocenters. The fourth-order valence-electron chi connectivity index (χ4n) is 3.13. The average Bonchev–Trinajstić information content (AvgIpc) is 3.03. The van der Waals surface area contributed by atoms with Crippen molar-refractivity contribution < 1.29 is 9.53 Å². The van der Waals surface area contributed by atoms with Crippen molar-refractivity contribution >= 4 is 71.2 Å². The van der Waals surface area contributed by atoms with Gasteiger partial charge in [-0.1, -0.05) is 46.3 Å². The Kier molecular flexibility index (Phi) is 6.74. The summed E-state index contributed by atoms with van der Waals surface area (Å²) in [5, 5.41) is 5.86. The van der Waals surface area contributed by atoms with E-state index in [9.17, 15) is 4.79 Å².